The number of fused-ring (bicyclic) bond motifs is 1. The number of benzene rings is 2. The van der Waals surface area contributed by atoms with Gasteiger partial charge in [0.15, 0.2) is 0 Å². The number of rotatable bonds is 8. The summed E-state index contributed by atoms with van der Waals surface area (Å²) in [5, 5.41) is 3.61. The molecule has 1 aliphatic rings. The maximum Gasteiger partial charge on any atom is 0.258 e. The van der Waals surface area contributed by atoms with Gasteiger partial charge in [-0.05, 0) is 37.5 Å². The van der Waals surface area contributed by atoms with Gasteiger partial charge in [0.05, 0.1) is 12.2 Å². The van der Waals surface area contributed by atoms with Crippen LogP contribution in [0.5, 0.6) is 5.75 Å². The van der Waals surface area contributed by atoms with Crippen LogP contribution in [0.2, 0.25) is 0 Å². The van der Waals surface area contributed by atoms with Crippen molar-refractivity contribution in [2.24, 2.45) is 5.92 Å². The molecule has 1 aliphatic heterocycles. The van der Waals surface area contributed by atoms with Gasteiger partial charge in [-0.3, -0.25) is 4.79 Å². The van der Waals surface area contributed by atoms with Gasteiger partial charge in [-0.25, -0.2) is 0 Å². The van der Waals surface area contributed by atoms with Crippen molar-refractivity contribution in [3.05, 3.63) is 59.7 Å². The van der Waals surface area contributed by atoms with Crippen molar-refractivity contribution < 1.29 is 14.3 Å². The first-order chi connectivity index (χ1) is 13.5. The second-order valence-corrected chi connectivity index (χ2v) is 7.75. The van der Waals surface area contributed by atoms with E-state index in [-0.39, 0.29) is 5.91 Å². The molecule has 0 saturated heterocycles. The van der Waals surface area contributed by atoms with E-state index in [0.29, 0.717) is 31.2 Å². The molecule has 2 aromatic carbocycles. The molecule has 1 heterocycles. The number of carbonyl (C=O) groups excluding carboxylic acids is 1. The zero-order chi connectivity index (χ0) is 20.1. The summed E-state index contributed by atoms with van der Waals surface area (Å²) in [5.74, 6) is 1.24. The number of para-hydroxylation sites is 2. The highest BCUT2D eigenvalue weighted by Gasteiger charge is 2.43. The molecule has 28 heavy (non-hydrogen) atoms. The van der Waals surface area contributed by atoms with E-state index in [1.54, 1.807) is 7.11 Å². The second kappa shape index (κ2) is 8.65. The molecule has 1 amide bonds. The SMILES string of the molecule is COCCCN1C(=O)c2ccccc2NC1(C)c1ccccc1OCC(C)C. The van der Waals surface area contributed by atoms with Crippen molar-refractivity contribution in [1.82, 2.24) is 4.90 Å². The molecule has 3 rings (SSSR count). The van der Waals surface area contributed by atoms with Crippen molar-refractivity contribution in [3.8, 4) is 5.75 Å². The number of hydrogen-bond donors (Lipinski definition) is 1. The lowest BCUT2D eigenvalue weighted by Gasteiger charge is -2.47. The summed E-state index contributed by atoms with van der Waals surface area (Å²) in [7, 11) is 1.68. The van der Waals surface area contributed by atoms with Crippen LogP contribution in [-0.2, 0) is 10.4 Å². The number of nitrogens with zero attached hydrogens (tertiary/aromatic N) is 1. The van der Waals surface area contributed by atoms with E-state index in [0.717, 1.165) is 23.4 Å². The monoisotopic (exact) mass is 382 g/mol. The second-order valence-electron chi connectivity index (χ2n) is 7.75. The molecular formula is C23H30N2O3. The number of ether oxygens (including phenoxy) is 2. The van der Waals surface area contributed by atoms with Gasteiger partial charge >= 0.3 is 0 Å². The quantitative estimate of drug-likeness (QED) is 0.683. The Morgan fingerprint density at radius 2 is 1.82 bits per heavy atom. The minimum atomic E-state index is -0.716. The average molecular weight is 383 g/mol. The van der Waals surface area contributed by atoms with Crippen molar-refractivity contribution >= 4 is 11.6 Å². The molecule has 5 nitrogen and oxygen atoms in total. The summed E-state index contributed by atoms with van der Waals surface area (Å²) < 4.78 is 11.3. The van der Waals surface area contributed by atoms with Crippen LogP contribution in [0.25, 0.3) is 0 Å². The van der Waals surface area contributed by atoms with Crippen molar-refractivity contribution in [2.75, 3.05) is 32.2 Å². The maximum atomic E-state index is 13.4. The number of anilines is 1. The van der Waals surface area contributed by atoms with E-state index < -0.39 is 5.66 Å². The number of methoxy groups -OCH3 is 1. The van der Waals surface area contributed by atoms with E-state index in [2.05, 4.69) is 19.2 Å². The Hall–Kier alpha value is -2.53. The highest BCUT2D eigenvalue weighted by Crippen LogP contribution is 2.41. The molecule has 2 aromatic rings. The zero-order valence-electron chi connectivity index (χ0n) is 17.2. The first kappa shape index (κ1) is 20.2. The Balaban J connectivity index is 2.04. The number of amides is 1. The summed E-state index contributed by atoms with van der Waals surface area (Å²) in [5.41, 5.74) is 1.78. The largest absolute Gasteiger partial charge is 0.493 e. The van der Waals surface area contributed by atoms with Crippen LogP contribution in [0, 0.1) is 5.92 Å². The first-order valence-electron chi connectivity index (χ1n) is 9.87. The molecule has 0 radical (unpaired) electrons. The standard InChI is InChI=1S/C23H30N2O3/c1-17(2)16-28-21-13-8-6-11-19(21)23(3)24-20-12-7-5-10-18(20)22(26)25(23)14-9-15-27-4/h5-8,10-13,17,24H,9,14-16H2,1-4H3. The van der Waals surface area contributed by atoms with E-state index in [1.807, 2.05) is 60.4 Å². The van der Waals surface area contributed by atoms with Crippen molar-refractivity contribution in [1.29, 1.82) is 0 Å². The molecule has 0 fully saturated rings. The average Bonchev–Trinajstić information content (AvgIpc) is 2.69. The molecule has 5 heteroatoms. The minimum Gasteiger partial charge on any atom is -0.493 e. The third-order valence-electron chi connectivity index (χ3n) is 5.03. The Morgan fingerprint density at radius 1 is 1.11 bits per heavy atom. The fourth-order valence-corrected chi connectivity index (χ4v) is 3.61. The molecule has 0 bridgehead atoms. The number of nitrogens with one attached hydrogen (secondary N) is 1. The van der Waals surface area contributed by atoms with Crippen molar-refractivity contribution in [3.63, 3.8) is 0 Å². The Bertz CT molecular complexity index is 821. The summed E-state index contributed by atoms with van der Waals surface area (Å²) in [4.78, 5) is 15.3. The summed E-state index contributed by atoms with van der Waals surface area (Å²) in [6.07, 6.45) is 0.761. The van der Waals surface area contributed by atoms with E-state index in [4.69, 9.17) is 9.47 Å². The highest BCUT2D eigenvalue weighted by molar-refractivity contribution is 6.02. The molecule has 1 N–H and O–H groups in total. The molecule has 1 unspecified atom stereocenters. The maximum absolute atomic E-state index is 13.4. The van der Waals surface area contributed by atoms with Gasteiger partial charge in [-0.2, -0.15) is 0 Å². The molecule has 1 atom stereocenters. The minimum absolute atomic E-state index is 0.0200. The lowest BCUT2D eigenvalue weighted by molar-refractivity contribution is 0.0497. The van der Waals surface area contributed by atoms with Gasteiger partial charge in [-0.15, -0.1) is 0 Å². The van der Waals surface area contributed by atoms with Crippen LogP contribution in [0.15, 0.2) is 48.5 Å². The normalized spacial score (nSPS) is 18.8. The van der Waals surface area contributed by atoms with E-state index in [1.165, 1.54) is 0 Å². The number of hydrogen-bond acceptors (Lipinski definition) is 4. The van der Waals surface area contributed by atoms with Crippen LogP contribution in [0.4, 0.5) is 5.69 Å². The Morgan fingerprint density at radius 3 is 2.57 bits per heavy atom. The molecule has 0 spiro atoms. The predicted molar refractivity (Wildman–Crippen MR) is 112 cm³/mol. The van der Waals surface area contributed by atoms with Gasteiger partial charge in [0.1, 0.15) is 11.4 Å². The van der Waals surface area contributed by atoms with Gasteiger partial charge in [0, 0.05) is 31.5 Å². The first-order valence-corrected chi connectivity index (χ1v) is 9.87. The summed E-state index contributed by atoms with van der Waals surface area (Å²) in [6.45, 7) is 8.11. The third-order valence-corrected chi connectivity index (χ3v) is 5.03. The van der Waals surface area contributed by atoms with Gasteiger partial charge in [0.25, 0.3) is 5.91 Å². The van der Waals surface area contributed by atoms with E-state index in [9.17, 15) is 4.79 Å². The Kier molecular flexibility index (Phi) is 6.25. The fourth-order valence-electron chi connectivity index (χ4n) is 3.61. The molecule has 0 aliphatic carbocycles. The van der Waals surface area contributed by atoms with Crippen LogP contribution in [0.3, 0.4) is 0 Å². The Labute approximate surface area is 167 Å². The van der Waals surface area contributed by atoms with Crippen LogP contribution in [0.1, 0.15) is 43.1 Å². The van der Waals surface area contributed by atoms with Gasteiger partial charge < -0.3 is 19.7 Å². The van der Waals surface area contributed by atoms with E-state index >= 15 is 0 Å². The lowest BCUT2D eigenvalue weighted by atomic mass is 9.92. The smallest absolute Gasteiger partial charge is 0.258 e. The van der Waals surface area contributed by atoms with Crippen LogP contribution < -0.4 is 10.1 Å². The third kappa shape index (κ3) is 3.99. The lowest BCUT2D eigenvalue weighted by Crippen LogP contribution is -2.56. The molecule has 150 valence electrons. The van der Waals surface area contributed by atoms with Crippen LogP contribution in [-0.4, -0.2) is 37.7 Å². The zero-order valence-corrected chi connectivity index (χ0v) is 17.2. The van der Waals surface area contributed by atoms with Crippen molar-refractivity contribution in [2.45, 2.75) is 32.9 Å². The van der Waals surface area contributed by atoms with Crippen LogP contribution >= 0.6 is 0 Å². The fraction of sp³-hybridized carbons (Fsp3) is 0.435. The summed E-state index contributed by atoms with van der Waals surface area (Å²) >= 11 is 0. The van der Waals surface area contributed by atoms with Gasteiger partial charge in [0.2, 0.25) is 0 Å². The predicted octanol–water partition coefficient (Wildman–Crippen LogP) is 4.50. The molecule has 0 saturated carbocycles. The summed E-state index contributed by atoms with van der Waals surface area (Å²) in [6, 6.07) is 15.6. The highest BCUT2D eigenvalue weighted by atomic mass is 16.5. The molecular weight excluding hydrogens is 352 g/mol. The molecule has 0 aromatic heterocycles. The number of carbonyl (C=O) groups is 1. The topological polar surface area (TPSA) is 50.8 Å². The van der Waals surface area contributed by atoms with Gasteiger partial charge in [-0.1, -0.05) is 44.2 Å².